The molecular formula is C9H9N5OS. The van der Waals surface area contributed by atoms with Gasteiger partial charge < -0.3 is 5.73 Å². The summed E-state index contributed by atoms with van der Waals surface area (Å²) in [5, 5.41) is 7.25. The van der Waals surface area contributed by atoms with E-state index in [1.54, 1.807) is 12.4 Å². The molecule has 3 N–H and O–H groups in total. The maximum atomic E-state index is 10.6. The fourth-order valence-electron chi connectivity index (χ4n) is 1.09. The molecule has 0 aliphatic carbocycles. The molecule has 0 saturated heterocycles. The summed E-state index contributed by atoms with van der Waals surface area (Å²) < 4.78 is 0. The number of H-pyrrole nitrogens is 1. The van der Waals surface area contributed by atoms with Gasteiger partial charge in [0.25, 0.3) is 0 Å². The predicted molar refractivity (Wildman–Crippen MR) is 59.5 cm³/mol. The van der Waals surface area contributed by atoms with Gasteiger partial charge in [0.2, 0.25) is 11.1 Å². The Kier molecular flexibility index (Phi) is 3.16. The predicted octanol–water partition coefficient (Wildman–Crippen LogP) is 0.444. The summed E-state index contributed by atoms with van der Waals surface area (Å²) in [6.45, 7) is 0. The van der Waals surface area contributed by atoms with Crippen molar-refractivity contribution in [2.75, 3.05) is 5.75 Å². The highest BCUT2D eigenvalue weighted by Gasteiger charge is 2.06. The van der Waals surface area contributed by atoms with Gasteiger partial charge in [-0.25, -0.2) is 4.98 Å². The first-order valence-electron chi connectivity index (χ1n) is 4.49. The Bertz CT molecular complexity index is 484. The van der Waals surface area contributed by atoms with E-state index in [1.807, 2.05) is 12.1 Å². The second-order valence-corrected chi connectivity index (χ2v) is 3.90. The van der Waals surface area contributed by atoms with E-state index < -0.39 is 0 Å². The molecule has 2 aromatic heterocycles. The van der Waals surface area contributed by atoms with Crippen LogP contribution < -0.4 is 5.73 Å². The smallest absolute Gasteiger partial charge is 0.227 e. The van der Waals surface area contributed by atoms with Crippen molar-refractivity contribution in [2.45, 2.75) is 5.16 Å². The van der Waals surface area contributed by atoms with Crippen LogP contribution in [0.5, 0.6) is 0 Å². The van der Waals surface area contributed by atoms with E-state index in [9.17, 15) is 4.79 Å². The maximum Gasteiger partial charge on any atom is 0.227 e. The monoisotopic (exact) mass is 235 g/mol. The number of nitrogens with one attached hydrogen (secondary N) is 1. The highest BCUT2D eigenvalue weighted by molar-refractivity contribution is 7.99. The number of pyridine rings is 1. The van der Waals surface area contributed by atoms with Crippen molar-refractivity contribution in [2.24, 2.45) is 5.73 Å². The van der Waals surface area contributed by atoms with Crippen molar-refractivity contribution in [3.8, 4) is 11.4 Å². The van der Waals surface area contributed by atoms with Gasteiger partial charge in [-0.1, -0.05) is 11.8 Å². The van der Waals surface area contributed by atoms with Crippen molar-refractivity contribution >= 4 is 17.7 Å². The molecule has 0 aliphatic heterocycles. The Balaban J connectivity index is 2.11. The van der Waals surface area contributed by atoms with Crippen LogP contribution in [0.3, 0.4) is 0 Å². The summed E-state index contributed by atoms with van der Waals surface area (Å²) in [7, 11) is 0. The summed E-state index contributed by atoms with van der Waals surface area (Å²) >= 11 is 1.20. The second kappa shape index (κ2) is 4.75. The standard InChI is InChI=1S/C9H9N5OS/c10-7(15)5-16-9-12-8(13-14-9)6-1-3-11-4-2-6/h1-4H,5H2,(H2,10,15)(H,12,13,14). The molecule has 2 rings (SSSR count). The molecule has 6 nitrogen and oxygen atoms in total. The minimum atomic E-state index is -0.389. The van der Waals surface area contributed by atoms with Crippen LogP contribution in [-0.4, -0.2) is 31.8 Å². The van der Waals surface area contributed by atoms with Crippen LogP contribution in [0.2, 0.25) is 0 Å². The van der Waals surface area contributed by atoms with Gasteiger partial charge in [-0.2, -0.15) is 0 Å². The molecule has 0 radical (unpaired) electrons. The van der Waals surface area contributed by atoms with Crippen LogP contribution in [0.15, 0.2) is 29.7 Å². The van der Waals surface area contributed by atoms with Crippen molar-refractivity contribution in [1.82, 2.24) is 20.2 Å². The molecule has 0 bridgehead atoms. The molecule has 0 aromatic carbocycles. The third-order valence-corrected chi connectivity index (χ3v) is 2.63. The average molecular weight is 235 g/mol. The van der Waals surface area contributed by atoms with Crippen LogP contribution in [-0.2, 0) is 4.79 Å². The van der Waals surface area contributed by atoms with Crippen LogP contribution >= 0.6 is 11.8 Å². The Hall–Kier alpha value is -1.89. The van der Waals surface area contributed by atoms with Gasteiger partial charge in [-0.05, 0) is 12.1 Å². The Labute approximate surface area is 95.7 Å². The lowest BCUT2D eigenvalue weighted by atomic mass is 10.3. The van der Waals surface area contributed by atoms with Gasteiger partial charge in [-0.15, -0.1) is 5.10 Å². The summed E-state index contributed by atoms with van der Waals surface area (Å²) in [6, 6.07) is 3.64. The van der Waals surface area contributed by atoms with Crippen LogP contribution in [0.4, 0.5) is 0 Å². The molecule has 0 atom stereocenters. The Morgan fingerprint density at radius 1 is 1.44 bits per heavy atom. The molecule has 82 valence electrons. The van der Waals surface area contributed by atoms with E-state index in [0.29, 0.717) is 11.0 Å². The first-order valence-corrected chi connectivity index (χ1v) is 5.48. The summed E-state index contributed by atoms with van der Waals surface area (Å²) in [5.41, 5.74) is 5.92. The number of primary amides is 1. The van der Waals surface area contributed by atoms with E-state index in [4.69, 9.17) is 5.73 Å². The molecule has 16 heavy (non-hydrogen) atoms. The summed E-state index contributed by atoms with van der Waals surface area (Å²) in [4.78, 5) is 18.7. The van der Waals surface area contributed by atoms with E-state index in [1.165, 1.54) is 11.8 Å². The van der Waals surface area contributed by atoms with Gasteiger partial charge in [0.05, 0.1) is 5.75 Å². The zero-order chi connectivity index (χ0) is 11.4. The van der Waals surface area contributed by atoms with E-state index in [2.05, 4.69) is 20.2 Å². The number of aromatic amines is 1. The minimum Gasteiger partial charge on any atom is -0.369 e. The number of hydrogen-bond donors (Lipinski definition) is 2. The molecule has 0 fully saturated rings. The third kappa shape index (κ3) is 2.57. The lowest BCUT2D eigenvalue weighted by Gasteiger charge is -1.92. The van der Waals surface area contributed by atoms with Crippen molar-refractivity contribution in [1.29, 1.82) is 0 Å². The van der Waals surface area contributed by atoms with Crippen LogP contribution in [0.1, 0.15) is 0 Å². The fourth-order valence-corrected chi connectivity index (χ4v) is 1.62. The quantitative estimate of drug-likeness (QED) is 0.749. The van der Waals surface area contributed by atoms with E-state index >= 15 is 0 Å². The number of nitrogens with two attached hydrogens (primary N) is 1. The van der Waals surface area contributed by atoms with Gasteiger partial charge in [0, 0.05) is 18.0 Å². The third-order valence-electron chi connectivity index (χ3n) is 1.76. The van der Waals surface area contributed by atoms with E-state index in [0.717, 1.165) is 5.56 Å². The second-order valence-electron chi connectivity index (χ2n) is 2.96. The van der Waals surface area contributed by atoms with E-state index in [-0.39, 0.29) is 11.7 Å². The van der Waals surface area contributed by atoms with Crippen molar-refractivity contribution in [3.05, 3.63) is 24.5 Å². The van der Waals surface area contributed by atoms with Gasteiger partial charge in [-0.3, -0.25) is 14.9 Å². The average Bonchev–Trinajstić information content (AvgIpc) is 2.76. The molecule has 0 saturated carbocycles. The van der Waals surface area contributed by atoms with Gasteiger partial charge in [0.1, 0.15) is 0 Å². The maximum absolute atomic E-state index is 10.6. The van der Waals surface area contributed by atoms with Crippen LogP contribution in [0, 0.1) is 0 Å². The number of rotatable bonds is 4. The summed E-state index contributed by atoms with van der Waals surface area (Å²) in [6.07, 6.45) is 3.35. The first kappa shape index (κ1) is 10.6. The lowest BCUT2D eigenvalue weighted by Crippen LogP contribution is -2.13. The molecule has 0 aliphatic rings. The Morgan fingerprint density at radius 2 is 2.19 bits per heavy atom. The number of carbonyl (C=O) groups is 1. The highest BCUT2D eigenvalue weighted by Crippen LogP contribution is 2.17. The minimum absolute atomic E-state index is 0.174. The number of nitrogens with zero attached hydrogens (tertiary/aromatic N) is 3. The number of aromatic nitrogens is 4. The van der Waals surface area contributed by atoms with Crippen molar-refractivity contribution < 1.29 is 4.79 Å². The molecular weight excluding hydrogens is 226 g/mol. The molecule has 2 heterocycles. The molecule has 2 aromatic rings. The molecule has 0 spiro atoms. The zero-order valence-electron chi connectivity index (χ0n) is 8.25. The van der Waals surface area contributed by atoms with Gasteiger partial charge in [0.15, 0.2) is 5.82 Å². The topological polar surface area (TPSA) is 97.6 Å². The fraction of sp³-hybridized carbons (Fsp3) is 0.111. The Morgan fingerprint density at radius 3 is 2.88 bits per heavy atom. The summed E-state index contributed by atoms with van der Waals surface area (Å²) in [5.74, 6) is 0.433. The number of thioether (sulfide) groups is 1. The highest BCUT2D eigenvalue weighted by atomic mass is 32.2. The number of hydrogen-bond acceptors (Lipinski definition) is 5. The molecule has 7 heteroatoms. The first-order chi connectivity index (χ1) is 7.75. The van der Waals surface area contributed by atoms with Crippen molar-refractivity contribution in [3.63, 3.8) is 0 Å². The van der Waals surface area contributed by atoms with Crippen LogP contribution in [0.25, 0.3) is 11.4 Å². The van der Waals surface area contributed by atoms with Gasteiger partial charge >= 0.3 is 0 Å². The molecule has 0 unspecified atom stereocenters. The SMILES string of the molecule is NC(=O)CSc1n[nH]c(-c2ccncc2)n1. The number of amides is 1. The largest absolute Gasteiger partial charge is 0.369 e. The normalized spacial score (nSPS) is 10.2. The number of carbonyl (C=O) groups excluding carboxylic acids is 1. The molecule has 1 amide bonds. The lowest BCUT2D eigenvalue weighted by molar-refractivity contribution is -0.115. The zero-order valence-corrected chi connectivity index (χ0v) is 9.07.